The van der Waals surface area contributed by atoms with Gasteiger partial charge in [0, 0.05) is 30.9 Å². The van der Waals surface area contributed by atoms with Gasteiger partial charge in [0.05, 0.1) is 0 Å². The number of hydrogen-bond donors (Lipinski definition) is 0. The molecular formula is C13H18N2O4S. The maximum Gasteiger partial charge on any atom is 0.298 e. The Morgan fingerprint density at radius 3 is 2.85 bits per heavy atom. The fraction of sp³-hybridized carbons (Fsp3) is 0.462. The van der Waals surface area contributed by atoms with Crippen molar-refractivity contribution in [2.75, 3.05) is 24.3 Å². The molecule has 7 heteroatoms. The second-order valence-electron chi connectivity index (χ2n) is 4.38. The standard InChI is InChI=1S/C13H18N2O4S/c1-10(2)15(8-9-16-18-19-20-3)13-14-11-6-4-5-7-12(11)17-13/h4-7,10H,8-9H2,1-3H3. The highest BCUT2D eigenvalue weighted by molar-refractivity contribution is 7.93. The van der Waals surface area contributed by atoms with E-state index in [0.717, 1.165) is 23.1 Å². The lowest BCUT2D eigenvalue weighted by molar-refractivity contribution is -0.458. The van der Waals surface area contributed by atoms with Gasteiger partial charge < -0.3 is 9.32 Å². The van der Waals surface area contributed by atoms with Gasteiger partial charge in [0.15, 0.2) is 5.58 Å². The molecule has 1 aromatic heterocycles. The molecule has 0 spiro atoms. The Bertz CT molecular complexity index is 499. The van der Waals surface area contributed by atoms with Crippen LogP contribution in [0.4, 0.5) is 6.01 Å². The van der Waals surface area contributed by atoms with Crippen LogP contribution in [-0.4, -0.2) is 30.4 Å². The van der Waals surface area contributed by atoms with Gasteiger partial charge in [-0.3, -0.25) is 0 Å². The Morgan fingerprint density at radius 1 is 1.35 bits per heavy atom. The van der Waals surface area contributed by atoms with E-state index >= 15 is 0 Å². The number of fused-ring (bicyclic) bond motifs is 1. The topological polar surface area (TPSA) is 57.0 Å². The van der Waals surface area contributed by atoms with E-state index in [4.69, 9.17) is 9.30 Å². The van der Waals surface area contributed by atoms with Crippen LogP contribution in [0.25, 0.3) is 11.1 Å². The summed E-state index contributed by atoms with van der Waals surface area (Å²) in [4.78, 5) is 11.4. The second-order valence-corrected chi connectivity index (χ2v) is 4.85. The summed E-state index contributed by atoms with van der Waals surface area (Å²) in [6.07, 6.45) is 1.74. The zero-order chi connectivity index (χ0) is 14.4. The lowest BCUT2D eigenvalue weighted by Gasteiger charge is -2.23. The molecule has 0 saturated heterocycles. The van der Waals surface area contributed by atoms with E-state index in [2.05, 4.69) is 28.2 Å². The first-order valence-corrected chi connectivity index (χ1v) is 7.48. The van der Waals surface area contributed by atoms with E-state index in [9.17, 15) is 0 Å². The molecule has 20 heavy (non-hydrogen) atoms. The van der Waals surface area contributed by atoms with Crippen LogP contribution in [0.5, 0.6) is 0 Å². The summed E-state index contributed by atoms with van der Waals surface area (Å²) in [5.41, 5.74) is 1.62. The molecule has 0 aliphatic rings. The molecular weight excluding hydrogens is 280 g/mol. The lowest BCUT2D eigenvalue weighted by Crippen LogP contribution is -2.34. The monoisotopic (exact) mass is 298 g/mol. The van der Waals surface area contributed by atoms with Gasteiger partial charge in [0.25, 0.3) is 6.01 Å². The Morgan fingerprint density at radius 2 is 2.15 bits per heavy atom. The first-order valence-electron chi connectivity index (χ1n) is 6.33. The number of oxazole rings is 1. The molecule has 0 unspecified atom stereocenters. The minimum Gasteiger partial charge on any atom is -0.423 e. The van der Waals surface area contributed by atoms with Crippen molar-refractivity contribution >= 4 is 29.2 Å². The average molecular weight is 298 g/mol. The lowest BCUT2D eigenvalue weighted by atomic mass is 10.3. The molecule has 110 valence electrons. The summed E-state index contributed by atoms with van der Waals surface area (Å²) in [6, 6.07) is 8.49. The fourth-order valence-corrected chi connectivity index (χ4v) is 1.87. The first kappa shape index (κ1) is 15.1. The predicted molar refractivity (Wildman–Crippen MR) is 78.1 cm³/mol. The predicted octanol–water partition coefficient (Wildman–Crippen LogP) is 3.20. The second kappa shape index (κ2) is 7.49. The number of hydrogen-bond acceptors (Lipinski definition) is 7. The molecule has 1 aromatic carbocycles. The van der Waals surface area contributed by atoms with E-state index in [1.165, 1.54) is 0 Å². The highest BCUT2D eigenvalue weighted by atomic mass is 32.2. The molecule has 6 nitrogen and oxygen atoms in total. The van der Waals surface area contributed by atoms with Gasteiger partial charge in [0.1, 0.15) is 12.1 Å². The van der Waals surface area contributed by atoms with Crippen LogP contribution >= 0.6 is 12.0 Å². The fourth-order valence-electron chi connectivity index (χ4n) is 1.77. The van der Waals surface area contributed by atoms with E-state index in [-0.39, 0.29) is 6.04 Å². The molecule has 0 atom stereocenters. The van der Waals surface area contributed by atoms with Gasteiger partial charge in [0.2, 0.25) is 0 Å². The van der Waals surface area contributed by atoms with Crippen molar-refractivity contribution < 1.29 is 18.7 Å². The Kier molecular flexibility index (Phi) is 5.66. The van der Waals surface area contributed by atoms with Gasteiger partial charge >= 0.3 is 0 Å². The van der Waals surface area contributed by atoms with Gasteiger partial charge in [-0.25, -0.2) is 4.89 Å². The van der Waals surface area contributed by atoms with Crippen LogP contribution in [0.15, 0.2) is 28.7 Å². The highest BCUT2D eigenvalue weighted by Gasteiger charge is 2.17. The van der Waals surface area contributed by atoms with Crippen molar-refractivity contribution in [1.29, 1.82) is 0 Å². The third-order valence-corrected chi connectivity index (χ3v) is 2.90. The maximum absolute atomic E-state index is 5.75. The molecule has 0 radical (unpaired) electrons. The zero-order valence-electron chi connectivity index (χ0n) is 11.7. The molecule has 0 aliphatic carbocycles. The third kappa shape index (κ3) is 3.86. The summed E-state index contributed by atoms with van der Waals surface area (Å²) in [5, 5.41) is 4.49. The van der Waals surface area contributed by atoms with E-state index in [1.807, 2.05) is 29.2 Å². The summed E-state index contributed by atoms with van der Waals surface area (Å²) in [5.74, 6) is 0. The van der Waals surface area contributed by atoms with Crippen molar-refractivity contribution in [3.63, 3.8) is 0 Å². The number of para-hydroxylation sites is 2. The number of benzene rings is 1. The minimum atomic E-state index is 0.230. The molecule has 0 N–H and O–H groups in total. The number of anilines is 1. The molecule has 0 bridgehead atoms. The van der Waals surface area contributed by atoms with E-state index < -0.39 is 0 Å². The Balaban J connectivity index is 2.00. The summed E-state index contributed by atoms with van der Waals surface area (Å²) >= 11 is 1.07. The normalized spacial score (nSPS) is 11.4. The maximum atomic E-state index is 5.75. The third-order valence-electron chi connectivity index (χ3n) is 2.71. The SMILES string of the molecule is CSOOOCCN(c1nc2ccccc2o1)C(C)C. The molecule has 0 saturated carbocycles. The zero-order valence-corrected chi connectivity index (χ0v) is 12.6. The molecule has 0 fully saturated rings. The van der Waals surface area contributed by atoms with Crippen molar-refractivity contribution in [3.8, 4) is 0 Å². The van der Waals surface area contributed by atoms with E-state index in [1.54, 1.807) is 6.26 Å². The van der Waals surface area contributed by atoms with Crippen LogP contribution in [0, 0.1) is 0 Å². The van der Waals surface area contributed by atoms with Crippen molar-refractivity contribution in [3.05, 3.63) is 24.3 Å². The van der Waals surface area contributed by atoms with Crippen LogP contribution in [0.3, 0.4) is 0 Å². The Hall–Kier alpha value is -1.28. The van der Waals surface area contributed by atoms with Gasteiger partial charge in [-0.15, -0.1) is 4.33 Å². The quantitative estimate of drug-likeness (QED) is 0.321. The Labute approximate surface area is 122 Å². The number of rotatable bonds is 8. The van der Waals surface area contributed by atoms with Gasteiger partial charge in [-0.1, -0.05) is 17.2 Å². The number of aromatic nitrogens is 1. The van der Waals surface area contributed by atoms with Crippen LogP contribution < -0.4 is 4.90 Å². The average Bonchev–Trinajstić information content (AvgIpc) is 2.85. The minimum absolute atomic E-state index is 0.230. The molecule has 0 amide bonds. The summed E-state index contributed by atoms with van der Waals surface area (Å²) in [7, 11) is 0. The largest absolute Gasteiger partial charge is 0.423 e. The smallest absolute Gasteiger partial charge is 0.298 e. The molecule has 2 aromatic rings. The summed E-state index contributed by atoms with van der Waals surface area (Å²) < 4.78 is 10.3. The van der Waals surface area contributed by atoms with Crippen LogP contribution in [0.1, 0.15) is 13.8 Å². The van der Waals surface area contributed by atoms with Crippen LogP contribution in [-0.2, 0) is 14.3 Å². The summed E-state index contributed by atoms with van der Waals surface area (Å²) in [6.45, 7) is 5.06. The van der Waals surface area contributed by atoms with E-state index in [0.29, 0.717) is 19.2 Å². The molecule has 2 rings (SSSR count). The molecule has 1 heterocycles. The van der Waals surface area contributed by atoms with Crippen LogP contribution in [0.2, 0.25) is 0 Å². The first-order chi connectivity index (χ1) is 9.72. The highest BCUT2D eigenvalue weighted by Crippen LogP contribution is 2.22. The van der Waals surface area contributed by atoms with Crippen molar-refractivity contribution in [2.24, 2.45) is 0 Å². The van der Waals surface area contributed by atoms with Crippen molar-refractivity contribution in [2.45, 2.75) is 19.9 Å². The number of nitrogens with zero attached hydrogens (tertiary/aromatic N) is 2. The molecule has 0 aliphatic heterocycles. The van der Waals surface area contributed by atoms with Gasteiger partial charge in [-0.05, 0) is 26.0 Å². The van der Waals surface area contributed by atoms with Crippen molar-refractivity contribution in [1.82, 2.24) is 4.98 Å². The van der Waals surface area contributed by atoms with Gasteiger partial charge in [-0.2, -0.15) is 4.98 Å².